The van der Waals surface area contributed by atoms with E-state index in [-0.39, 0.29) is 5.78 Å². The number of benzene rings is 1. The second-order valence-corrected chi connectivity index (χ2v) is 4.48. The predicted octanol–water partition coefficient (Wildman–Crippen LogP) is 3.42. The van der Waals surface area contributed by atoms with E-state index in [1.165, 1.54) is 6.08 Å². The quantitative estimate of drug-likeness (QED) is 0.505. The van der Waals surface area contributed by atoms with Crippen molar-refractivity contribution < 1.29 is 4.79 Å². The minimum atomic E-state index is -0.169. The summed E-state index contributed by atoms with van der Waals surface area (Å²) >= 11 is 5.90. The van der Waals surface area contributed by atoms with Crippen LogP contribution in [0, 0.1) is 0 Å². The first kappa shape index (κ1) is 12.5. The number of allylic oxidation sites excluding steroid dienone is 3. The van der Waals surface area contributed by atoms with Crippen LogP contribution in [0.4, 0.5) is 0 Å². The molecule has 4 heteroatoms. The maximum absolute atomic E-state index is 12.2. The number of nitrogens with one attached hydrogen (secondary N) is 1. The smallest absolute Gasteiger partial charge is 0.210 e. The molecular weight excluding hydrogens is 248 g/mol. The minimum Gasteiger partial charge on any atom is -0.402 e. The molecule has 1 heterocycles. The van der Waals surface area contributed by atoms with E-state index in [4.69, 9.17) is 17.3 Å². The lowest BCUT2D eigenvalue weighted by Gasteiger charge is -2.01. The number of rotatable bonds is 3. The molecule has 0 saturated heterocycles. The van der Waals surface area contributed by atoms with E-state index in [1.807, 2.05) is 6.07 Å². The lowest BCUT2D eigenvalue weighted by molar-refractivity contribution is 0.103. The largest absolute Gasteiger partial charge is 0.402 e. The highest BCUT2D eigenvalue weighted by atomic mass is 35.5. The number of nitrogens with two attached hydrogens (primary N) is 1. The fraction of sp³-hybridized carbons (Fsp3) is 0.0714. The SMILES string of the molecule is C=C/C(C(=O)c1cc2cc(Cl)ccc2[nH]1)=C(\C)N. The molecule has 0 spiro atoms. The van der Waals surface area contributed by atoms with Gasteiger partial charge in [0.05, 0.1) is 5.69 Å². The van der Waals surface area contributed by atoms with Gasteiger partial charge in [-0.25, -0.2) is 0 Å². The molecule has 0 unspecified atom stereocenters. The summed E-state index contributed by atoms with van der Waals surface area (Å²) in [7, 11) is 0. The molecule has 3 N–H and O–H groups in total. The molecule has 0 aliphatic carbocycles. The number of carbonyl (C=O) groups excluding carboxylic acids is 1. The normalized spacial score (nSPS) is 12.3. The lowest BCUT2D eigenvalue weighted by atomic mass is 10.1. The molecule has 0 atom stereocenters. The van der Waals surface area contributed by atoms with Gasteiger partial charge < -0.3 is 10.7 Å². The summed E-state index contributed by atoms with van der Waals surface area (Å²) in [6, 6.07) is 7.17. The number of hydrogen-bond acceptors (Lipinski definition) is 2. The average Bonchev–Trinajstić information content (AvgIpc) is 2.72. The first-order chi connectivity index (χ1) is 8.52. The van der Waals surface area contributed by atoms with Crippen molar-refractivity contribution in [3.63, 3.8) is 0 Å². The van der Waals surface area contributed by atoms with E-state index < -0.39 is 0 Å². The van der Waals surface area contributed by atoms with E-state index in [0.29, 0.717) is 22.0 Å². The summed E-state index contributed by atoms with van der Waals surface area (Å²) in [6.07, 6.45) is 1.47. The topological polar surface area (TPSA) is 58.9 Å². The molecule has 18 heavy (non-hydrogen) atoms. The minimum absolute atomic E-state index is 0.169. The highest BCUT2D eigenvalue weighted by Crippen LogP contribution is 2.22. The van der Waals surface area contributed by atoms with E-state index in [1.54, 1.807) is 25.1 Å². The fourth-order valence-corrected chi connectivity index (χ4v) is 1.98. The third kappa shape index (κ3) is 2.17. The van der Waals surface area contributed by atoms with Gasteiger partial charge in [-0.15, -0.1) is 0 Å². The van der Waals surface area contributed by atoms with Crippen molar-refractivity contribution in [3.05, 3.63) is 58.9 Å². The Hall–Kier alpha value is -2.00. The third-order valence-corrected chi connectivity index (χ3v) is 2.94. The van der Waals surface area contributed by atoms with Gasteiger partial charge in [0.15, 0.2) is 0 Å². The van der Waals surface area contributed by atoms with Crippen LogP contribution in [0.2, 0.25) is 5.02 Å². The van der Waals surface area contributed by atoms with Gasteiger partial charge >= 0.3 is 0 Å². The summed E-state index contributed by atoms with van der Waals surface area (Å²) in [5.41, 5.74) is 7.86. The van der Waals surface area contributed by atoms with Gasteiger partial charge in [0.2, 0.25) is 5.78 Å². The molecule has 0 aliphatic heterocycles. The number of carbonyl (C=O) groups is 1. The van der Waals surface area contributed by atoms with Crippen LogP contribution in [0.1, 0.15) is 17.4 Å². The van der Waals surface area contributed by atoms with Gasteiger partial charge in [0, 0.05) is 27.2 Å². The molecule has 2 aromatic rings. The predicted molar refractivity (Wildman–Crippen MR) is 74.7 cm³/mol. The average molecular weight is 261 g/mol. The third-order valence-electron chi connectivity index (χ3n) is 2.70. The van der Waals surface area contributed by atoms with Crippen molar-refractivity contribution in [1.82, 2.24) is 4.98 Å². The standard InChI is InChI=1S/C14H13ClN2O/c1-3-11(8(2)16)14(18)13-7-9-6-10(15)4-5-12(9)17-13/h3-7,17H,1,16H2,2H3/b11-8-. The number of aromatic amines is 1. The van der Waals surface area contributed by atoms with Crippen molar-refractivity contribution in [2.75, 3.05) is 0 Å². The Balaban J connectivity index is 2.52. The molecule has 92 valence electrons. The maximum atomic E-state index is 12.2. The fourth-order valence-electron chi connectivity index (χ4n) is 1.80. The summed E-state index contributed by atoms with van der Waals surface area (Å²) in [4.78, 5) is 15.2. The second-order valence-electron chi connectivity index (χ2n) is 4.04. The summed E-state index contributed by atoms with van der Waals surface area (Å²) in [6.45, 7) is 5.28. The van der Waals surface area contributed by atoms with E-state index >= 15 is 0 Å². The molecule has 0 radical (unpaired) electrons. The van der Waals surface area contributed by atoms with Crippen molar-refractivity contribution in [1.29, 1.82) is 0 Å². The Bertz CT molecular complexity index is 663. The van der Waals surface area contributed by atoms with Gasteiger partial charge in [0.25, 0.3) is 0 Å². The zero-order valence-corrected chi connectivity index (χ0v) is 10.7. The number of aromatic nitrogens is 1. The zero-order valence-electron chi connectivity index (χ0n) is 9.96. The number of Topliss-reactive ketones (excluding diaryl/α,β-unsaturated/α-hetero) is 1. The Morgan fingerprint density at radius 1 is 1.44 bits per heavy atom. The van der Waals surface area contributed by atoms with Crippen molar-refractivity contribution in [3.8, 4) is 0 Å². The molecule has 2 rings (SSSR count). The van der Waals surface area contributed by atoms with Gasteiger partial charge in [-0.05, 0) is 31.2 Å². The first-order valence-corrected chi connectivity index (χ1v) is 5.82. The van der Waals surface area contributed by atoms with E-state index in [0.717, 1.165) is 10.9 Å². The van der Waals surface area contributed by atoms with Crippen LogP contribution in [-0.4, -0.2) is 10.8 Å². The molecule has 0 bridgehead atoms. The van der Waals surface area contributed by atoms with Gasteiger partial charge in [-0.1, -0.05) is 24.3 Å². The van der Waals surface area contributed by atoms with Crippen molar-refractivity contribution in [2.24, 2.45) is 5.73 Å². The molecule has 1 aromatic heterocycles. The Labute approximate surface area is 110 Å². The molecule has 3 nitrogen and oxygen atoms in total. The highest BCUT2D eigenvalue weighted by molar-refractivity contribution is 6.31. The van der Waals surface area contributed by atoms with Crippen LogP contribution in [0.15, 0.2) is 48.2 Å². The Kier molecular flexibility index (Phi) is 3.26. The lowest BCUT2D eigenvalue weighted by Crippen LogP contribution is -2.08. The van der Waals surface area contributed by atoms with Crippen molar-refractivity contribution >= 4 is 28.3 Å². The first-order valence-electron chi connectivity index (χ1n) is 5.44. The Morgan fingerprint density at radius 2 is 2.17 bits per heavy atom. The number of ketones is 1. The van der Waals surface area contributed by atoms with Crippen LogP contribution in [-0.2, 0) is 0 Å². The monoisotopic (exact) mass is 260 g/mol. The van der Waals surface area contributed by atoms with Gasteiger partial charge in [-0.3, -0.25) is 4.79 Å². The Morgan fingerprint density at radius 3 is 2.78 bits per heavy atom. The molecule has 0 saturated carbocycles. The number of hydrogen-bond donors (Lipinski definition) is 2. The zero-order chi connectivity index (χ0) is 13.3. The number of H-pyrrole nitrogens is 1. The molecular formula is C14H13ClN2O. The van der Waals surface area contributed by atoms with E-state index in [9.17, 15) is 4.79 Å². The number of fused-ring (bicyclic) bond motifs is 1. The van der Waals surface area contributed by atoms with Gasteiger partial charge in [-0.2, -0.15) is 0 Å². The molecule has 1 aromatic carbocycles. The van der Waals surface area contributed by atoms with Crippen LogP contribution in [0.25, 0.3) is 10.9 Å². The van der Waals surface area contributed by atoms with E-state index in [2.05, 4.69) is 11.6 Å². The van der Waals surface area contributed by atoms with Crippen LogP contribution >= 0.6 is 11.6 Å². The summed E-state index contributed by atoms with van der Waals surface area (Å²) in [5.74, 6) is -0.169. The molecule has 0 aliphatic rings. The maximum Gasteiger partial charge on any atom is 0.210 e. The van der Waals surface area contributed by atoms with Crippen LogP contribution in [0.3, 0.4) is 0 Å². The number of halogens is 1. The van der Waals surface area contributed by atoms with Crippen LogP contribution < -0.4 is 5.73 Å². The highest BCUT2D eigenvalue weighted by Gasteiger charge is 2.14. The summed E-state index contributed by atoms with van der Waals surface area (Å²) < 4.78 is 0. The molecule has 0 amide bonds. The summed E-state index contributed by atoms with van der Waals surface area (Å²) in [5, 5.41) is 1.53. The van der Waals surface area contributed by atoms with Crippen molar-refractivity contribution in [2.45, 2.75) is 6.92 Å². The molecule has 0 fully saturated rings. The van der Waals surface area contributed by atoms with Crippen LogP contribution in [0.5, 0.6) is 0 Å². The van der Waals surface area contributed by atoms with Gasteiger partial charge in [0.1, 0.15) is 0 Å². The second kappa shape index (κ2) is 4.70.